The van der Waals surface area contributed by atoms with Crippen molar-refractivity contribution in [2.75, 3.05) is 13.1 Å². The molecule has 0 spiro atoms. The van der Waals surface area contributed by atoms with Crippen LogP contribution < -0.4 is 10.6 Å². The largest absolute Gasteiger partial charge is 0.349 e. The highest BCUT2D eigenvalue weighted by Crippen LogP contribution is 2.19. The summed E-state index contributed by atoms with van der Waals surface area (Å²) in [5, 5.41) is 6.51. The molecule has 3 nitrogen and oxygen atoms in total. The van der Waals surface area contributed by atoms with Crippen LogP contribution in [0.5, 0.6) is 0 Å². The Morgan fingerprint density at radius 2 is 2.15 bits per heavy atom. The molecule has 2 atom stereocenters. The Balaban J connectivity index is 1.82. The van der Waals surface area contributed by atoms with Crippen LogP contribution >= 0.6 is 0 Å². The Kier molecular flexibility index (Phi) is 5.60. The van der Waals surface area contributed by atoms with E-state index < -0.39 is 0 Å². The molecular formula is C17H26N2O. The molecule has 110 valence electrons. The molecule has 1 fully saturated rings. The molecule has 1 aliphatic rings. The molecule has 20 heavy (non-hydrogen) atoms. The van der Waals surface area contributed by atoms with Crippen LogP contribution in [0.1, 0.15) is 49.8 Å². The fourth-order valence-corrected chi connectivity index (χ4v) is 2.78. The van der Waals surface area contributed by atoms with Gasteiger partial charge in [0.15, 0.2) is 0 Å². The summed E-state index contributed by atoms with van der Waals surface area (Å²) in [5.41, 5.74) is 2.46. The van der Waals surface area contributed by atoms with E-state index in [1.165, 1.54) is 17.5 Å². The van der Waals surface area contributed by atoms with E-state index in [9.17, 15) is 4.79 Å². The third-order valence-corrected chi connectivity index (χ3v) is 4.17. The fraction of sp³-hybridized carbons (Fsp3) is 0.588. The Hall–Kier alpha value is -1.35. The summed E-state index contributed by atoms with van der Waals surface area (Å²) in [4.78, 5) is 12.1. The minimum absolute atomic E-state index is 0.143. The fourth-order valence-electron chi connectivity index (χ4n) is 2.78. The molecule has 1 amide bonds. The normalized spacial score (nSPS) is 19.8. The molecule has 1 aromatic carbocycles. The molecular weight excluding hydrogens is 248 g/mol. The van der Waals surface area contributed by atoms with Crippen molar-refractivity contribution in [2.24, 2.45) is 5.92 Å². The average Bonchev–Trinajstić information content (AvgIpc) is 2.97. The molecule has 0 radical (unpaired) electrons. The number of rotatable bonds is 6. The molecule has 2 rings (SSSR count). The van der Waals surface area contributed by atoms with E-state index in [4.69, 9.17) is 0 Å². The number of carbonyl (C=O) groups excluding carboxylic acids is 1. The Morgan fingerprint density at radius 1 is 1.40 bits per heavy atom. The molecule has 1 aromatic rings. The lowest BCUT2D eigenvalue weighted by atomic mass is 10.0. The smallest absolute Gasteiger partial charge is 0.220 e. The minimum atomic E-state index is 0.143. The van der Waals surface area contributed by atoms with E-state index in [1.54, 1.807) is 0 Å². The lowest BCUT2D eigenvalue weighted by molar-refractivity contribution is -0.122. The van der Waals surface area contributed by atoms with Gasteiger partial charge < -0.3 is 10.6 Å². The predicted octanol–water partition coefficient (Wildman–Crippen LogP) is 2.95. The highest BCUT2D eigenvalue weighted by atomic mass is 16.1. The standard InChI is InChI=1S/C17H26N2O/c1-3-16(15-7-4-13(2)5-8-15)19-17(20)9-6-14-10-11-18-12-14/h4-5,7-8,14,16,18H,3,6,9-12H2,1-2H3,(H,19,20). The number of hydrogen-bond acceptors (Lipinski definition) is 2. The SMILES string of the molecule is CCC(NC(=O)CCC1CCNC1)c1ccc(C)cc1. The van der Waals surface area contributed by atoms with Crippen molar-refractivity contribution in [3.8, 4) is 0 Å². The van der Waals surface area contributed by atoms with Gasteiger partial charge in [-0.2, -0.15) is 0 Å². The third kappa shape index (κ3) is 4.34. The maximum absolute atomic E-state index is 12.1. The lowest BCUT2D eigenvalue weighted by Crippen LogP contribution is -2.28. The predicted molar refractivity (Wildman–Crippen MR) is 82.6 cm³/mol. The maximum Gasteiger partial charge on any atom is 0.220 e. The second-order valence-electron chi connectivity index (χ2n) is 5.84. The second-order valence-corrected chi connectivity index (χ2v) is 5.84. The summed E-state index contributed by atoms with van der Waals surface area (Å²) < 4.78 is 0. The first kappa shape index (κ1) is 15.0. The van der Waals surface area contributed by atoms with Crippen LogP contribution in [0.25, 0.3) is 0 Å². The first-order chi connectivity index (χ1) is 9.69. The first-order valence-electron chi connectivity index (χ1n) is 7.75. The number of amides is 1. The summed E-state index contributed by atoms with van der Waals surface area (Å²) in [6.07, 6.45) is 3.79. The van der Waals surface area contributed by atoms with E-state index >= 15 is 0 Å². The van der Waals surface area contributed by atoms with Crippen molar-refractivity contribution in [3.05, 3.63) is 35.4 Å². The molecule has 1 saturated heterocycles. The van der Waals surface area contributed by atoms with E-state index in [0.29, 0.717) is 12.3 Å². The second kappa shape index (κ2) is 7.44. The van der Waals surface area contributed by atoms with Gasteiger partial charge in [-0.3, -0.25) is 4.79 Å². The average molecular weight is 274 g/mol. The zero-order valence-corrected chi connectivity index (χ0v) is 12.6. The van der Waals surface area contributed by atoms with Crippen molar-refractivity contribution in [3.63, 3.8) is 0 Å². The van der Waals surface area contributed by atoms with Gasteiger partial charge >= 0.3 is 0 Å². The van der Waals surface area contributed by atoms with Crippen LogP contribution in [0, 0.1) is 12.8 Å². The van der Waals surface area contributed by atoms with Gasteiger partial charge in [-0.05, 0) is 50.8 Å². The molecule has 1 heterocycles. The van der Waals surface area contributed by atoms with Crippen LogP contribution in [0.3, 0.4) is 0 Å². The monoisotopic (exact) mass is 274 g/mol. The number of nitrogens with one attached hydrogen (secondary N) is 2. The summed E-state index contributed by atoms with van der Waals surface area (Å²) in [7, 11) is 0. The van der Waals surface area contributed by atoms with Gasteiger partial charge in [-0.1, -0.05) is 36.8 Å². The molecule has 2 N–H and O–H groups in total. The zero-order valence-electron chi connectivity index (χ0n) is 12.6. The highest BCUT2D eigenvalue weighted by molar-refractivity contribution is 5.76. The molecule has 0 aromatic heterocycles. The van der Waals surface area contributed by atoms with Crippen molar-refractivity contribution < 1.29 is 4.79 Å². The van der Waals surface area contributed by atoms with Gasteiger partial charge in [0.25, 0.3) is 0 Å². The van der Waals surface area contributed by atoms with E-state index in [0.717, 1.165) is 25.9 Å². The van der Waals surface area contributed by atoms with Gasteiger partial charge in [-0.15, -0.1) is 0 Å². The van der Waals surface area contributed by atoms with Gasteiger partial charge in [-0.25, -0.2) is 0 Å². The van der Waals surface area contributed by atoms with Crippen LogP contribution in [-0.2, 0) is 4.79 Å². The number of carbonyl (C=O) groups is 1. The minimum Gasteiger partial charge on any atom is -0.349 e. The zero-order chi connectivity index (χ0) is 14.4. The van der Waals surface area contributed by atoms with Crippen molar-refractivity contribution in [1.82, 2.24) is 10.6 Å². The number of benzene rings is 1. The summed E-state index contributed by atoms with van der Waals surface area (Å²) in [5.74, 6) is 0.865. The van der Waals surface area contributed by atoms with Gasteiger partial charge in [0.2, 0.25) is 5.91 Å². The van der Waals surface area contributed by atoms with Crippen molar-refractivity contribution in [2.45, 2.75) is 45.6 Å². The van der Waals surface area contributed by atoms with Crippen LogP contribution in [0.4, 0.5) is 0 Å². The van der Waals surface area contributed by atoms with Crippen molar-refractivity contribution in [1.29, 1.82) is 0 Å². The van der Waals surface area contributed by atoms with Gasteiger partial charge in [0, 0.05) is 6.42 Å². The molecule has 2 unspecified atom stereocenters. The molecule has 0 bridgehead atoms. The third-order valence-electron chi connectivity index (χ3n) is 4.17. The number of aryl methyl sites for hydroxylation is 1. The number of hydrogen-bond donors (Lipinski definition) is 2. The molecule has 1 aliphatic heterocycles. The van der Waals surface area contributed by atoms with E-state index in [1.807, 2.05) is 0 Å². The molecule has 3 heteroatoms. The summed E-state index contributed by atoms with van der Waals surface area (Å²) >= 11 is 0. The summed E-state index contributed by atoms with van der Waals surface area (Å²) in [6.45, 7) is 6.38. The van der Waals surface area contributed by atoms with E-state index in [-0.39, 0.29) is 11.9 Å². The maximum atomic E-state index is 12.1. The molecule has 0 saturated carbocycles. The van der Waals surface area contributed by atoms with Crippen LogP contribution in [0.15, 0.2) is 24.3 Å². The van der Waals surface area contributed by atoms with Crippen molar-refractivity contribution >= 4 is 5.91 Å². The first-order valence-corrected chi connectivity index (χ1v) is 7.75. The van der Waals surface area contributed by atoms with Crippen LogP contribution in [-0.4, -0.2) is 19.0 Å². The Bertz CT molecular complexity index is 421. The topological polar surface area (TPSA) is 41.1 Å². The highest BCUT2D eigenvalue weighted by Gasteiger charge is 2.17. The Labute approximate surface area is 122 Å². The Morgan fingerprint density at radius 3 is 2.75 bits per heavy atom. The quantitative estimate of drug-likeness (QED) is 0.837. The lowest BCUT2D eigenvalue weighted by Gasteiger charge is -2.18. The van der Waals surface area contributed by atoms with Crippen LogP contribution in [0.2, 0.25) is 0 Å². The molecule has 0 aliphatic carbocycles. The summed E-state index contributed by atoms with van der Waals surface area (Å²) in [6, 6.07) is 8.59. The van der Waals surface area contributed by atoms with Gasteiger partial charge in [0.1, 0.15) is 0 Å². The van der Waals surface area contributed by atoms with Gasteiger partial charge in [0.05, 0.1) is 6.04 Å². The van der Waals surface area contributed by atoms with E-state index in [2.05, 4.69) is 48.7 Å².